The van der Waals surface area contributed by atoms with Crippen LogP contribution < -0.4 is 14.5 Å². The van der Waals surface area contributed by atoms with Crippen LogP contribution in [0.15, 0.2) is 60.7 Å². The van der Waals surface area contributed by atoms with Gasteiger partial charge in [0, 0.05) is 86.9 Å². The second-order valence-corrected chi connectivity index (χ2v) is 11.5. The predicted octanol–water partition coefficient (Wildman–Crippen LogP) is 4.67. The van der Waals surface area contributed by atoms with Crippen molar-refractivity contribution in [1.29, 1.82) is 0 Å². The Morgan fingerprint density at radius 3 is 2.00 bits per heavy atom. The molecule has 3 aromatic carbocycles. The molecule has 0 radical (unpaired) electrons. The first-order chi connectivity index (χ1) is 19.6. The van der Waals surface area contributed by atoms with Gasteiger partial charge in [-0.2, -0.15) is 0 Å². The Kier molecular flexibility index (Phi) is 7.78. The van der Waals surface area contributed by atoms with Crippen molar-refractivity contribution in [1.82, 2.24) is 9.42 Å². The Labute approximate surface area is 242 Å². The molecule has 1 unspecified atom stereocenters. The van der Waals surface area contributed by atoms with E-state index < -0.39 is 28.7 Å². The molecule has 0 saturated carbocycles. The number of hydrogen-bond acceptors (Lipinski definition) is 6. The molecule has 41 heavy (non-hydrogen) atoms. The maximum absolute atomic E-state index is 14.3. The molecule has 0 aromatic heterocycles. The Balaban J connectivity index is 1.75. The fraction of sp³-hybridized carbons (Fsp3) is 0.333. The Morgan fingerprint density at radius 2 is 1.46 bits per heavy atom. The molecule has 1 amide bonds. The van der Waals surface area contributed by atoms with Crippen molar-refractivity contribution in [3.63, 3.8) is 0 Å². The summed E-state index contributed by atoms with van der Waals surface area (Å²) >= 11 is -2.56. The molecule has 5 rings (SSSR count). The van der Waals surface area contributed by atoms with Crippen LogP contribution in [0.4, 0.5) is 11.4 Å². The summed E-state index contributed by atoms with van der Waals surface area (Å²) in [5, 5.41) is 10.4. The quantitative estimate of drug-likeness (QED) is 0.264. The van der Waals surface area contributed by atoms with Gasteiger partial charge >= 0.3 is 5.97 Å². The molecule has 2 aliphatic heterocycles. The van der Waals surface area contributed by atoms with Gasteiger partial charge in [-0.05, 0) is 31.0 Å². The lowest BCUT2D eigenvalue weighted by Crippen LogP contribution is -2.56. The van der Waals surface area contributed by atoms with E-state index in [2.05, 4.69) is 0 Å². The third-order valence-electron chi connectivity index (χ3n) is 7.66. The van der Waals surface area contributed by atoms with E-state index in [1.54, 1.807) is 12.1 Å². The third kappa shape index (κ3) is 4.83. The van der Waals surface area contributed by atoms with Gasteiger partial charge in [0.15, 0.2) is 0 Å². The van der Waals surface area contributed by atoms with Gasteiger partial charge in [0.2, 0.25) is 0 Å². The van der Waals surface area contributed by atoms with Crippen molar-refractivity contribution in [2.75, 3.05) is 44.5 Å². The lowest BCUT2D eigenvalue weighted by molar-refractivity contribution is -0.137. The average Bonchev–Trinajstić information content (AvgIpc) is 3.18. The summed E-state index contributed by atoms with van der Waals surface area (Å²) < 4.78 is 31.3. The van der Waals surface area contributed by atoms with E-state index in [4.69, 9.17) is 9.84 Å². The Bertz CT molecular complexity index is 1470. The number of hydrazine groups is 1. The van der Waals surface area contributed by atoms with Gasteiger partial charge in [-0.15, -0.1) is 4.41 Å². The van der Waals surface area contributed by atoms with Gasteiger partial charge < -0.3 is 19.6 Å². The monoisotopic (exact) mass is 578 g/mol. The number of carbonyl (C=O) groups is 2. The van der Waals surface area contributed by atoms with Crippen LogP contribution in [0.1, 0.15) is 52.7 Å². The van der Waals surface area contributed by atoms with Crippen molar-refractivity contribution in [3.05, 3.63) is 82.9 Å². The molecule has 11 heteroatoms. The molecule has 3 aromatic rings. The Hall–Kier alpha value is -3.93. The minimum Gasteiger partial charge on any atom is -0.481 e. The largest absolute Gasteiger partial charge is 0.481 e. The summed E-state index contributed by atoms with van der Waals surface area (Å²) in [5.74, 6) is -0.208. The number of ether oxygens (including phenoxy) is 1. The first kappa shape index (κ1) is 28.6. The zero-order chi connectivity index (χ0) is 29.5. The minimum atomic E-state index is -2.56. The van der Waals surface area contributed by atoms with Crippen molar-refractivity contribution >= 4 is 34.5 Å². The topological polar surface area (TPSA) is 114 Å². The Morgan fingerprint density at radius 1 is 0.878 bits per heavy atom. The van der Waals surface area contributed by atoms with Crippen LogP contribution in [-0.2, 0) is 21.6 Å². The summed E-state index contributed by atoms with van der Waals surface area (Å²) in [7, 11) is 7.72. The van der Waals surface area contributed by atoms with E-state index in [1.807, 2.05) is 86.5 Å². The van der Waals surface area contributed by atoms with Crippen LogP contribution in [0.5, 0.6) is 11.5 Å². The molecule has 2 heterocycles. The highest BCUT2D eigenvalue weighted by atomic mass is 32.2. The number of unbranched alkanes of at least 4 members (excludes halogenated alkanes) is 2. The number of carbonyl (C=O) groups excluding carboxylic acids is 1. The first-order valence-corrected chi connectivity index (χ1v) is 14.5. The van der Waals surface area contributed by atoms with Crippen LogP contribution in [-0.4, -0.2) is 69.9 Å². The fourth-order valence-electron chi connectivity index (χ4n) is 5.71. The number of hydrogen-bond donors (Lipinski definition) is 2. The number of rotatable bonds is 10. The van der Waals surface area contributed by atoms with Gasteiger partial charge in [0.05, 0.1) is 0 Å². The van der Waals surface area contributed by atoms with Crippen LogP contribution in [0.3, 0.4) is 0 Å². The zero-order valence-corrected chi connectivity index (χ0v) is 24.4. The van der Waals surface area contributed by atoms with Crippen molar-refractivity contribution in [3.8, 4) is 11.5 Å². The van der Waals surface area contributed by atoms with E-state index in [9.17, 15) is 18.4 Å². The second-order valence-electron chi connectivity index (χ2n) is 10.6. The number of benzene rings is 3. The number of carboxylic acids is 1. The molecule has 2 aliphatic rings. The molecule has 1 spiro atoms. The van der Waals surface area contributed by atoms with Gasteiger partial charge in [-0.3, -0.25) is 14.1 Å². The number of anilines is 2. The molecular weight excluding hydrogens is 544 g/mol. The second kappa shape index (κ2) is 11.2. The number of aliphatic carboxylic acids is 1. The molecule has 0 aliphatic carbocycles. The molecule has 0 bridgehead atoms. The van der Waals surface area contributed by atoms with Gasteiger partial charge in [0.25, 0.3) is 17.2 Å². The maximum Gasteiger partial charge on any atom is 0.303 e. The average molecular weight is 579 g/mol. The van der Waals surface area contributed by atoms with E-state index in [0.717, 1.165) is 11.4 Å². The van der Waals surface area contributed by atoms with Gasteiger partial charge in [-0.1, -0.05) is 36.8 Å². The van der Waals surface area contributed by atoms with Gasteiger partial charge in [-0.25, -0.2) is 9.22 Å². The molecule has 0 fully saturated rings. The molecule has 1 atom stereocenters. The summed E-state index contributed by atoms with van der Waals surface area (Å²) in [6, 6.07) is 18.8. The maximum atomic E-state index is 14.3. The van der Waals surface area contributed by atoms with E-state index in [0.29, 0.717) is 53.0 Å². The lowest BCUT2D eigenvalue weighted by atomic mass is 9.75. The van der Waals surface area contributed by atoms with E-state index >= 15 is 0 Å². The summed E-state index contributed by atoms with van der Waals surface area (Å²) in [5.41, 5.74) is 2.98. The third-order valence-corrected chi connectivity index (χ3v) is 8.37. The lowest BCUT2D eigenvalue weighted by Gasteiger charge is -2.47. The first-order valence-electron chi connectivity index (χ1n) is 13.4. The summed E-state index contributed by atoms with van der Waals surface area (Å²) in [4.78, 5) is 29.2. The van der Waals surface area contributed by atoms with Crippen molar-refractivity contribution < 1.29 is 28.2 Å². The molecular formula is C30H34N4O6S. The van der Waals surface area contributed by atoms with Crippen molar-refractivity contribution in [2.24, 2.45) is 0 Å². The van der Waals surface area contributed by atoms with Gasteiger partial charge in [0.1, 0.15) is 17.0 Å². The van der Waals surface area contributed by atoms with Crippen LogP contribution in [0.25, 0.3) is 0 Å². The van der Waals surface area contributed by atoms with Crippen LogP contribution >= 0.6 is 0 Å². The fourth-order valence-corrected chi connectivity index (χ4v) is 6.33. The molecule has 10 nitrogen and oxygen atoms in total. The van der Waals surface area contributed by atoms with Crippen molar-refractivity contribution in [2.45, 2.75) is 31.2 Å². The number of amides is 1. The molecule has 216 valence electrons. The van der Waals surface area contributed by atoms with E-state index in [-0.39, 0.29) is 13.0 Å². The normalized spacial score (nSPS) is 15.3. The van der Waals surface area contributed by atoms with Crippen LogP contribution in [0, 0.1) is 0 Å². The number of carboxylic acid groups (broad SMARTS) is 1. The number of fused-ring (bicyclic) bond motifs is 6. The SMILES string of the molecule is CN(C)c1ccc2c(c1)Oc1cc(N(C)C)ccc1C21c2ccccc2C(=O)N1N(CCCCCC(=O)O)S(=O)O. The molecule has 0 saturated heterocycles. The van der Waals surface area contributed by atoms with E-state index in [1.165, 1.54) is 9.42 Å². The molecule has 2 N–H and O–H groups in total. The highest BCUT2D eigenvalue weighted by molar-refractivity contribution is 7.76. The van der Waals surface area contributed by atoms with Crippen LogP contribution in [0.2, 0.25) is 0 Å². The predicted molar refractivity (Wildman–Crippen MR) is 158 cm³/mol. The zero-order valence-electron chi connectivity index (χ0n) is 23.5. The smallest absolute Gasteiger partial charge is 0.303 e. The highest BCUT2D eigenvalue weighted by Crippen LogP contribution is 2.58. The standard InChI is InChI=1S/C30H34N4O6S/c1-31(2)20-13-15-24-26(18-20)40-27-19-21(32(3)4)14-16-25(27)30(24)23-11-8-7-10-22(23)29(37)34(30)33(41(38)39)17-9-5-6-12-28(35)36/h7-8,10-11,13-16,18-19H,5-6,9,12,17H2,1-4H3,(H,35,36)(H,38,39). The summed E-state index contributed by atoms with van der Waals surface area (Å²) in [6.07, 6.45) is 1.39. The number of nitrogens with zero attached hydrogens (tertiary/aromatic N) is 4. The minimum absolute atomic E-state index is 0.0146. The summed E-state index contributed by atoms with van der Waals surface area (Å²) in [6.45, 7) is 0.0707. The highest BCUT2D eigenvalue weighted by Gasteiger charge is 2.59.